The number of carbonyl (C=O) groups is 2. The van der Waals surface area contributed by atoms with Crippen LogP contribution >= 0.6 is 0 Å². The standard InChI is InChI=1S/C11H17N3O3/c1-11(2,3)8(10(16)17)9(15)13-7-5-6-12-14(7)4/h5-6,8H,1-4H3,(H,13,15)(H,16,17). The number of hydrogen-bond donors (Lipinski definition) is 2. The van der Waals surface area contributed by atoms with Crippen molar-refractivity contribution in [3.05, 3.63) is 12.3 Å². The van der Waals surface area contributed by atoms with Crippen LogP contribution in [0.3, 0.4) is 0 Å². The Balaban J connectivity index is 2.88. The van der Waals surface area contributed by atoms with E-state index in [2.05, 4.69) is 10.4 Å². The molecule has 17 heavy (non-hydrogen) atoms. The monoisotopic (exact) mass is 239 g/mol. The molecule has 1 heterocycles. The molecule has 1 amide bonds. The molecule has 0 spiro atoms. The van der Waals surface area contributed by atoms with Crippen LogP contribution in [0, 0.1) is 11.3 Å². The minimum atomic E-state index is -1.13. The first-order chi connectivity index (χ1) is 7.73. The largest absolute Gasteiger partial charge is 0.481 e. The lowest BCUT2D eigenvalue weighted by Crippen LogP contribution is -2.39. The fraction of sp³-hybridized carbons (Fsp3) is 0.545. The topological polar surface area (TPSA) is 84.2 Å². The van der Waals surface area contributed by atoms with Crippen LogP contribution in [-0.4, -0.2) is 26.8 Å². The third-order valence-electron chi connectivity index (χ3n) is 2.45. The molecule has 0 bridgehead atoms. The number of aromatic nitrogens is 2. The van der Waals surface area contributed by atoms with Crippen LogP contribution in [0.25, 0.3) is 0 Å². The van der Waals surface area contributed by atoms with Crippen molar-refractivity contribution < 1.29 is 14.7 Å². The molecule has 0 aliphatic rings. The Bertz CT molecular complexity index is 431. The van der Waals surface area contributed by atoms with Crippen molar-refractivity contribution in [1.82, 2.24) is 9.78 Å². The Hall–Kier alpha value is -1.85. The molecule has 0 aromatic carbocycles. The number of carboxylic acid groups (broad SMARTS) is 1. The third kappa shape index (κ3) is 3.05. The van der Waals surface area contributed by atoms with Gasteiger partial charge in [0.2, 0.25) is 5.91 Å². The van der Waals surface area contributed by atoms with Gasteiger partial charge in [-0.3, -0.25) is 14.3 Å². The minimum Gasteiger partial charge on any atom is -0.481 e. The maximum Gasteiger partial charge on any atom is 0.316 e. The zero-order chi connectivity index (χ0) is 13.2. The smallest absolute Gasteiger partial charge is 0.316 e. The molecule has 1 atom stereocenters. The van der Waals surface area contributed by atoms with E-state index in [4.69, 9.17) is 5.11 Å². The Morgan fingerprint density at radius 1 is 1.47 bits per heavy atom. The highest BCUT2D eigenvalue weighted by Gasteiger charge is 2.37. The van der Waals surface area contributed by atoms with E-state index in [0.29, 0.717) is 5.82 Å². The van der Waals surface area contributed by atoms with Crippen molar-refractivity contribution in [2.24, 2.45) is 18.4 Å². The zero-order valence-electron chi connectivity index (χ0n) is 10.4. The predicted molar refractivity (Wildman–Crippen MR) is 62.4 cm³/mol. The van der Waals surface area contributed by atoms with Gasteiger partial charge in [-0.1, -0.05) is 20.8 Å². The summed E-state index contributed by atoms with van der Waals surface area (Å²) in [6, 6.07) is 1.61. The lowest BCUT2D eigenvalue weighted by Gasteiger charge is -2.25. The van der Waals surface area contributed by atoms with Crippen LogP contribution in [-0.2, 0) is 16.6 Å². The molecule has 1 rings (SSSR count). The number of anilines is 1. The fourth-order valence-electron chi connectivity index (χ4n) is 1.57. The molecule has 94 valence electrons. The van der Waals surface area contributed by atoms with Gasteiger partial charge in [-0.25, -0.2) is 0 Å². The van der Waals surface area contributed by atoms with Crippen LogP contribution in [0.5, 0.6) is 0 Å². The van der Waals surface area contributed by atoms with E-state index in [9.17, 15) is 9.59 Å². The normalized spacial score (nSPS) is 13.2. The maximum atomic E-state index is 11.9. The van der Waals surface area contributed by atoms with E-state index in [-0.39, 0.29) is 0 Å². The highest BCUT2D eigenvalue weighted by atomic mass is 16.4. The first-order valence-electron chi connectivity index (χ1n) is 5.25. The summed E-state index contributed by atoms with van der Waals surface area (Å²) >= 11 is 0. The van der Waals surface area contributed by atoms with Crippen LogP contribution in [0.15, 0.2) is 12.3 Å². The molecule has 2 N–H and O–H groups in total. The fourth-order valence-corrected chi connectivity index (χ4v) is 1.57. The number of amides is 1. The second-order valence-electron chi connectivity index (χ2n) is 4.97. The SMILES string of the molecule is Cn1nccc1NC(=O)C(C(=O)O)C(C)(C)C. The molecule has 1 unspecified atom stereocenters. The van der Waals surface area contributed by atoms with Crippen LogP contribution in [0.4, 0.5) is 5.82 Å². The van der Waals surface area contributed by atoms with Gasteiger partial charge in [0.1, 0.15) is 11.7 Å². The molecule has 6 heteroatoms. The van der Waals surface area contributed by atoms with Crippen LogP contribution < -0.4 is 5.32 Å². The quantitative estimate of drug-likeness (QED) is 0.774. The van der Waals surface area contributed by atoms with Gasteiger partial charge >= 0.3 is 5.97 Å². The molecule has 0 aliphatic carbocycles. The summed E-state index contributed by atoms with van der Waals surface area (Å²) in [4.78, 5) is 23.0. The number of aryl methyl sites for hydroxylation is 1. The molecule has 1 aromatic rings. The second-order valence-corrected chi connectivity index (χ2v) is 4.97. The van der Waals surface area contributed by atoms with Crippen LogP contribution in [0.1, 0.15) is 20.8 Å². The summed E-state index contributed by atoms with van der Waals surface area (Å²) in [5, 5.41) is 15.5. The summed E-state index contributed by atoms with van der Waals surface area (Å²) in [6.45, 7) is 5.15. The minimum absolute atomic E-state index is 0.477. The molecule has 0 aliphatic heterocycles. The van der Waals surface area contributed by atoms with Crippen molar-refractivity contribution in [2.45, 2.75) is 20.8 Å². The Morgan fingerprint density at radius 2 is 2.06 bits per heavy atom. The molecule has 0 saturated carbocycles. The summed E-state index contributed by atoms with van der Waals surface area (Å²) < 4.78 is 1.47. The first kappa shape index (κ1) is 13.2. The van der Waals surface area contributed by atoms with Gasteiger partial charge in [-0.05, 0) is 5.41 Å². The molecule has 1 aromatic heterocycles. The van der Waals surface area contributed by atoms with E-state index in [1.54, 1.807) is 33.9 Å². The molecule has 0 radical (unpaired) electrons. The van der Waals surface area contributed by atoms with Crippen molar-refractivity contribution in [3.8, 4) is 0 Å². The summed E-state index contributed by atoms with van der Waals surface area (Å²) in [6.07, 6.45) is 1.53. The number of carboxylic acids is 1. The van der Waals surface area contributed by atoms with Gasteiger partial charge < -0.3 is 10.4 Å². The van der Waals surface area contributed by atoms with Crippen molar-refractivity contribution in [1.29, 1.82) is 0 Å². The average molecular weight is 239 g/mol. The Labute approximate surface area is 99.6 Å². The average Bonchev–Trinajstić information content (AvgIpc) is 2.48. The van der Waals surface area contributed by atoms with Gasteiger partial charge in [-0.15, -0.1) is 0 Å². The van der Waals surface area contributed by atoms with Crippen molar-refractivity contribution >= 4 is 17.7 Å². The first-order valence-corrected chi connectivity index (χ1v) is 5.25. The Kier molecular flexibility index (Phi) is 3.55. The number of nitrogens with one attached hydrogen (secondary N) is 1. The highest BCUT2D eigenvalue weighted by Crippen LogP contribution is 2.27. The van der Waals surface area contributed by atoms with E-state index >= 15 is 0 Å². The number of aliphatic carboxylic acids is 1. The zero-order valence-corrected chi connectivity index (χ0v) is 10.4. The third-order valence-corrected chi connectivity index (χ3v) is 2.45. The number of carbonyl (C=O) groups excluding carboxylic acids is 1. The molecular weight excluding hydrogens is 222 g/mol. The number of hydrogen-bond acceptors (Lipinski definition) is 3. The van der Waals surface area contributed by atoms with E-state index in [1.807, 2.05) is 0 Å². The predicted octanol–water partition coefficient (Wildman–Crippen LogP) is 1.11. The van der Waals surface area contributed by atoms with Gasteiger partial charge in [0.15, 0.2) is 0 Å². The highest BCUT2D eigenvalue weighted by molar-refractivity contribution is 6.04. The molecular formula is C11H17N3O3. The lowest BCUT2D eigenvalue weighted by atomic mass is 9.80. The Morgan fingerprint density at radius 3 is 2.41 bits per heavy atom. The molecule has 0 saturated heterocycles. The summed E-state index contributed by atoms with van der Waals surface area (Å²) in [7, 11) is 1.67. The number of nitrogens with zero attached hydrogens (tertiary/aromatic N) is 2. The van der Waals surface area contributed by atoms with Crippen LogP contribution in [0.2, 0.25) is 0 Å². The lowest BCUT2D eigenvalue weighted by molar-refractivity contribution is -0.149. The molecule has 6 nitrogen and oxygen atoms in total. The summed E-state index contributed by atoms with van der Waals surface area (Å²) in [5.41, 5.74) is -0.644. The van der Waals surface area contributed by atoms with E-state index in [1.165, 1.54) is 10.9 Å². The molecule has 0 fully saturated rings. The van der Waals surface area contributed by atoms with E-state index < -0.39 is 23.2 Å². The van der Waals surface area contributed by atoms with Gasteiger partial charge in [-0.2, -0.15) is 5.10 Å². The van der Waals surface area contributed by atoms with Gasteiger partial charge in [0.05, 0.1) is 6.20 Å². The van der Waals surface area contributed by atoms with Gasteiger partial charge in [0, 0.05) is 13.1 Å². The van der Waals surface area contributed by atoms with Crippen molar-refractivity contribution in [2.75, 3.05) is 5.32 Å². The van der Waals surface area contributed by atoms with Gasteiger partial charge in [0.25, 0.3) is 0 Å². The second kappa shape index (κ2) is 4.57. The number of rotatable bonds is 3. The maximum absolute atomic E-state index is 11.9. The summed E-state index contributed by atoms with van der Waals surface area (Å²) in [5.74, 6) is -2.28. The van der Waals surface area contributed by atoms with Crippen molar-refractivity contribution in [3.63, 3.8) is 0 Å². The van der Waals surface area contributed by atoms with E-state index in [0.717, 1.165) is 0 Å².